The molecule has 0 amide bonds. The average molecular weight is 306 g/mol. The minimum Gasteiger partial charge on any atom is -0.370 e. The first kappa shape index (κ1) is 10.4. The average Bonchev–Trinajstić information content (AvgIpc) is 2.50. The van der Waals surface area contributed by atoms with Crippen molar-refractivity contribution in [1.29, 1.82) is 0 Å². The van der Waals surface area contributed by atoms with Crippen molar-refractivity contribution in [2.45, 2.75) is 35.9 Å². The second kappa shape index (κ2) is 4.18. The highest BCUT2D eigenvalue weighted by Gasteiger charge is 2.27. The lowest BCUT2D eigenvalue weighted by atomic mass is 10.0. The number of aromatic nitrogens is 2. The third-order valence-electron chi connectivity index (χ3n) is 2.55. The zero-order valence-corrected chi connectivity index (χ0v) is 10.6. The highest BCUT2D eigenvalue weighted by molar-refractivity contribution is 14.1. The molecule has 1 aromatic rings. The number of ether oxygens (including phenoxy) is 1. The van der Waals surface area contributed by atoms with Gasteiger partial charge in [-0.1, -0.05) is 22.6 Å². The Kier molecular flexibility index (Phi) is 3.11. The molecular formula is C10H15IN2O. The first-order chi connectivity index (χ1) is 6.65. The molecule has 0 aromatic carbocycles. The molecule has 0 aliphatic carbocycles. The molecule has 1 aliphatic heterocycles. The second-order valence-electron chi connectivity index (χ2n) is 3.95. The fraction of sp³-hybridized carbons (Fsp3) is 0.700. The lowest BCUT2D eigenvalue weighted by molar-refractivity contribution is -0.0368. The van der Waals surface area contributed by atoms with Gasteiger partial charge in [0.05, 0.1) is 18.4 Å². The Morgan fingerprint density at radius 2 is 2.36 bits per heavy atom. The van der Waals surface area contributed by atoms with Crippen LogP contribution >= 0.6 is 22.6 Å². The molecular weight excluding hydrogens is 291 g/mol. The first-order valence-electron chi connectivity index (χ1n) is 4.93. The number of alkyl halides is 1. The minimum atomic E-state index is 0.245. The van der Waals surface area contributed by atoms with E-state index in [1.807, 2.05) is 24.1 Å². The van der Waals surface area contributed by atoms with E-state index in [9.17, 15) is 0 Å². The van der Waals surface area contributed by atoms with Crippen LogP contribution < -0.4 is 0 Å². The van der Waals surface area contributed by atoms with Crippen LogP contribution in [0.1, 0.15) is 31.4 Å². The quantitative estimate of drug-likeness (QED) is 0.589. The van der Waals surface area contributed by atoms with E-state index >= 15 is 0 Å². The summed E-state index contributed by atoms with van der Waals surface area (Å²) >= 11 is 2.51. The summed E-state index contributed by atoms with van der Waals surface area (Å²) in [4.78, 5) is 0. The molecule has 0 bridgehead atoms. The number of hydrogen-bond acceptors (Lipinski definition) is 2. The van der Waals surface area contributed by atoms with Crippen LogP contribution in [0.3, 0.4) is 0 Å². The molecule has 1 fully saturated rings. The lowest BCUT2D eigenvalue weighted by Gasteiger charge is -2.30. The van der Waals surface area contributed by atoms with Gasteiger partial charge in [0.1, 0.15) is 0 Å². The summed E-state index contributed by atoms with van der Waals surface area (Å²) in [5.74, 6) is 0. The standard InChI is InChI=1S/C10H15IN2O/c1-7-3-9(11)4-10(14-7)8-5-12-13(2)6-8/h5-7,9-10H,3-4H2,1-2H3/t7-,9?,10-/m1/s1. The van der Waals surface area contributed by atoms with Gasteiger partial charge in [-0.05, 0) is 19.8 Å². The van der Waals surface area contributed by atoms with Crippen molar-refractivity contribution in [2.24, 2.45) is 7.05 Å². The summed E-state index contributed by atoms with van der Waals surface area (Å²) < 4.78 is 8.46. The van der Waals surface area contributed by atoms with Crippen molar-refractivity contribution in [3.05, 3.63) is 18.0 Å². The molecule has 4 heteroatoms. The molecule has 3 atom stereocenters. The zero-order chi connectivity index (χ0) is 10.1. The van der Waals surface area contributed by atoms with Crippen LogP contribution in [0.5, 0.6) is 0 Å². The van der Waals surface area contributed by atoms with Gasteiger partial charge in [-0.25, -0.2) is 0 Å². The monoisotopic (exact) mass is 306 g/mol. The summed E-state index contributed by atoms with van der Waals surface area (Å²) in [6, 6.07) is 0. The highest BCUT2D eigenvalue weighted by atomic mass is 127. The van der Waals surface area contributed by atoms with Crippen molar-refractivity contribution < 1.29 is 4.74 Å². The van der Waals surface area contributed by atoms with Crippen molar-refractivity contribution in [1.82, 2.24) is 9.78 Å². The smallest absolute Gasteiger partial charge is 0.0869 e. The van der Waals surface area contributed by atoms with Crippen molar-refractivity contribution >= 4 is 22.6 Å². The summed E-state index contributed by atoms with van der Waals surface area (Å²) in [5.41, 5.74) is 1.21. The lowest BCUT2D eigenvalue weighted by Crippen LogP contribution is -2.25. The second-order valence-corrected chi connectivity index (χ2v) is 5.71. The predicted molar refractivity (Wildman–Crippen MR) is 63.5 cm³/mol. The normalized spacial score (nSPS) is 33.2. The molecule has 2 rings (SSSR count). The molecule has 78 valence electrons. The maximum absolute atomic E-state index is 5.90. The summed E-state index contributed by atoms with van der Waals surface area (Å²) in [5, 5.41) is 4.18. The van der Waals surface area contributed by atoms with Gasteiger partial charge in [-0.15, -0.1) is 0 Å². The molecule has 2 heterocycles. The SMILES string of the molecule is C[C@@H]1CC(I)C[C@H](c2cnn(C)c2)O1. The fourth-order valence-electron chi connectivity index (χ4n) is 1.90. The number of rotatable bonds is 1. The summed E-state index contributed by atoms with van der Waals surface area (Å²) in [6.07, 6.45) is 6.84. The molecule has 0 saturated carbocycles. The molecule has 3 nitrogen and oxygen atoms in total. The van der Waals surface area contributed by atoms with Gasteiger partial charge in [0.2, 0.25) is 0 Å². The molecule has 0 spiro atoms. The fourth-order valence-corrected chi connectivity index (χ4v) is 3.08. The Morgan fingerprint density at radius 1 is 1.57 bits per heavy atom. The number of nitrogens with zero attached hydrogens (tertiary/aromatic N) is 2. The third kappa shape index (κ3) is 2.28. The van der Waals surface area contributed by atoms with E-state index in [1.54, 1.807) is 0 Å². The van der Waals surface area contributed by atoms with Gasteiger partial charge in [0, 0.05) is 22.7 Å². The molecule has 1 unspecified atom stereocenters. The Labute approximate surface area is 98.0 Å². The van der Waals surface area contributed by atoms with Crippen molar-refractivity contribution in [3.8, 4) is 0 Å². The Morgan fingerprint density at radius 3 is 2.93 bits per heavy atom. The Balaban J connectivity index is 2.10. The van der Waals surface area contributed by atoms with E-state index in [2.05, 4.69) is 34.6 Å². The van der Waals surface area contributed by atoms with E-state index in [0.29, 0.717) is 6.10 Å². The minimum absolute atomic E-state index is 0.245. The van der Waals surface area contributed by atoms with Crippen LogP contribution in [0.15, 0.2) is 12.4 Å². The molecule has 0 N–H and O–H groups in total. The van der Waals surface area contributed by atoms with Crippen LogP contribution in [-0.4, -0.2) is 19.8 Å². The van der Waals surface area contributed by atoms with Gasteiger partial charge in [-0.2, -0.15) is 5.10 Å². The molecule has 14 heavy (non-hydrogen) atoms. The van der Waals surface area contributed by atoms with Crippen LogP contribution in [-0.2, 0) is 11.8 Å². The largest absolute Gasteiger partial charge is 0.370 e. The van der Waals surface area contributed by atoms with Gasteiger partial charge in [-0.3, -0.25) is 4.68 Å². The van der Waals surface area contributed by atoms with Crippen molar-refractivity contribution in [3.63, 3.8) is 0 Å². The summed E-state index contributed by atoms with van der Waals surface area (Å²) in [7, 11) is 1.94. The highest BCUT2D eigenvalue weighted by Crippen LogP contribution is 2.34. The molecule has 1 aliphatic rings. The van der Waals surface area contributed by atoms with E-state index in [4.69, 9.17) is 4.74 Å². The number of hydrogen-bond donors (Lipinski definition) is 0. The topological polar surface area (TPSA) is 27.1 Å². The summed E-state index contributed by atoms with van der Waals surface area (Å²) in [6.45, 7) is 2.15. The molecule has 1 aromatic heterocycles. The van der Waals surface area contributed by atoms with Crippen LogP contribution in [0.25, 0.3) is 0 Å². The predicted octanol–water partition coefficient (Wildman–Crippen LogP) is 2.46. The van der Waals surface area contributed by atoms with Crippen LogP contribution in [0.4, 0.5) is 0 Å². The van der Waals surface area contributed by atoms with Crippen LogP contribution in [0.2, 0.25) is 0 Å². The van der Waals surface area contributed by atoms with E-state index in [1.165, 1.54) is 5.56 Å². The van der Waals surface area contributed by atoms with Crippen LogP contribution in [0, 0.1) is 0 Å². The first-order valence-corrected chi connectivity index (χ1v) is 6.18. The van der Waals surface area contributed by atoms with Gasteiger partial charge in [0.25, 0.3) is 0 Å². The van der Waals surface area contributed by atoms with Gasteiger partial charge < -0.3 is 4.74 Å². The van der Waals surface area contributed by atoms with Crippen molar-refractivity contribution in [2.75, 3.05) is 0 Å². The van der Waals surface area contributed by atoms with Gasteiger partial charge >= 0.3 is 0 Å². The third-order valence-corrected chi connectivity index (χ3v) is 3.57. The van der Waals surface area contributed by atoms with E-state index < -0.39 is 0 Å². The van der Waals surface area contributed by atoms with E-state index in [0.717, 1.165) is 16.8 Å². The zero-order valence-electron chi connectivity index (χ0n) is 8.48. The molecule has 0 radical (unpaired) electrons. The maximum Gasteiger partial charge on any atom is 0.0869 e. The van der Waals surface area contributed by atoms with E-state index in [-0.39, 0.29) is 6.10 Å². The Hall–Kier alpha value is -0.100. The molecule has 1 saturated heterocycles. The number of aryl methyl sites for hydroxylation is 1. The van der Waals surface area contributed by atoms with Gasteiger partial charge in [0.15, 0.2) is 0 Å². The maximum atomic E-state index is 5.90. The Bertz CT molecular complexity index is 303. The number of halogens is 1.